The van der Waals surface area contributed by atoms with Crippen LogP contribution in [0.4, 0.5) is 14.5 Å². The Labute approximate surface area is 164 Å². The van der Waals surface area contributed by atoms with Gasteiger partial charge in [0.1, 0.15) is 29.2 Å². The van der Waals surface area contributed by atoms with Crippen LogP contribution in [0, 0.1) is 18.6 Å². The third-order valence-electron chi connectivity index (χ3n) is 4.79. The van der Waals surface area contributed by atoms with Gasteiger partial charge in [-0.15, -0.1) is 0 Å². The van der Waals surface area contributed by atoms with E-state index in [1.165, 1.54) is 43.5 Å². The van der Waals surface area contributed by atoms with Crippen LogP contribution >= 0.6 is 0 Å². The maximum Gasteiger partial charge on any atom is 0.300 e. The van der Waals surface area contributed by atoms with Crippen molar-refractivity contribution >= 4 is 23.1 Å². The van der Waals surface area contributed by atoms with Crippen molar-refractivity contribution in [3.8, 4) is 0 Å². The summed E-state index contributed by atoms with van der Waals surface area (Å²) in [5, 5.41) is 10.9. The highest BCUT2D eigenvalue weighted by molar-refractivity contribution is 6.51. The molecular formula is C22H15F2NO4. The van der Waals surface area contributed by atoms with Crippen LogP contribution in [-0.4, -0.2) is 16.8 Å². The molecule has 1 amide bonds. The lowest BCUT2D eigenvalue weighted by Crippen LogP contribution is -2.29. The molecule has 1 saturated heterocycles. The lowest BCUT2D eigenvalue weighted by Gasteiger charge is -2.23. The van der Waals surface area contributed by atoms with Gasteiger partial charge in [0.25, 0.3) is 11.7 Å². The number of aliphatic hydroxyl groups is 1. The Kier molecular flexibility index (Phi) is 4.50. The average molecular weight is 395 g/mol. The second-order valence-electron chi connectivity index (χ2n) is 6.62. The lowest BCUT2D eigenvalue weighted by atomic mass is 9.98. The molecule has 0 aliphatic carbocycles. The van der Waals surface area contributed by atoms with Crippen LogP contribution < -0.4 is 4.90 Å². The summed E-state index contributed by atoms with van der Waals surface area (Å²) in [6, 6.07) is 11.0. The minimum absolute atomic E-state index is 0.192. The number of benzene rings is 2. The van der Waals surface area contributed by atoms with Gasteiger partial charge < -0.3 is 9.52 Å². The van der Waals surface area contributed by atoms with E-state index in [4.69, 9.17) is 4.42 Å². The fourth-order valence-corrected chi connectivity index (χ4v) is 3.36. The number of amides is 1. The van der Waals surface area contributed by atoms with Crippen molar-refractivity contribution < 1.29 is 27.9 Å². The molecule has 2 heterocycles. The van der Waals surface area contributed by atoms with E-state index < -0.39 is 35.1 Å². The molecule has 0 saturated carbocycles. The van der Waals surface area contributed by atoms with Crippen molar-refractivity contribution in [3.05, 3.63) is 95.0 Å². The third-order valence-corrected chi connectivity index (χ3v) is 4.79. The maximum absolute atomic E-state index is 13.6. The fraction of sp³-hybridized carbons (Fsp3) is 0.0909. The zero-order chi connectivity index (χ0) is 20.7. The van der Waals surface area contributed by atoms with Crippen LogP contribution in [0.1, 0.15) is 22.9 Å². The molecule has 1 N–H and O–H groups in total. The van der Waals surface area contributed by atoms with Gasteiger partial charge in [-0.05, 0) is 67.1 Å². The predicted octanol–water partition coefficient (Wildman–Crippen LogP) is 4.49. The summed E-state index contributed by atoms with van der Waals surface area (Å²) >= 11 is 0. The molecule has 1 unspecified atom stereocenters. The van der Waals surface area contributed by atoms with Gasteiger partial charge in [0.05, 0.1) is 11.8 Å². The molecule has 146 valence electrons. The normalized spacial score (nSPS) is 18.4. The van der Waals surface area contributed by atoms with Crippen molar-refractivity contribution in [2.45, 2.75) is 13.0 Å². The molecule has 1 aliphatic heterocycles. The van der Waals surface area contributed by atoms with Crippen LogP contribution in [0.3, 0.4) is 0 Å². The second kappa shape index (κ2) is 7.01. The molecule has 0 spiro atoms. The first-order valence-corrected chi connectivity index (χ1v) is 8.75. The number of nitrogens with zero attached hydrogens (tertiary/aromatic N) is 1. The Hall–Kier alpha value is -3.74. The van der Waals surface area contributed by atoms with Gasteiger partial charge in [0.2, 0.25) is 0 Å². The summed E-state index contributed by atoms with van der Waals surface area (Å²) in [6.07, 6.45) is 1.38. The summed E-state index contributed by atoms with van der Waals surface area (Å²) in [5.74, 6) is -2.97. The molecule has 0 radical (unpaired) electrons. The molecule has 1 fully saturated rings. The molecule has 3 aromatic rings. The van der Waals surface area contributed by atoms with Crippen molar-refractivity contribution in [2.24, 2.45) is 0 Å². The molecular weight excluding hydrogens is 380 g/mol. The summed E-state index contributed by atoms with van der Waals surface area (Å²) < 4.78 is 32.4. The zero-order valence-corrected chi connectivity index (χ0v) is 15.2. The molecule has 7 heteroatoms. The van der Waals surface area contributed by atoms with Crippen LogP contribution in [0.15, 0.2) is 70.9 Å². The molecule has 5 nitrogen and oxygen atoms in total. The van der Waals surface area contributed by atoms with Gasteiger partial charge in [-0.25, -0.2) is 8.78 Å². The zero-order valence-electron chi connectivity index (χ0n) is 15.2. The van der Waals surface area contributed by atoms with Gasteiger partial charge >= 0.3 is 0 Å². The topological polar surface area (TPSA) is 70.8 Å². The van der Waals surface area contributed by atoms with E-state index in [1.807, 2.05) is 0 Å². The van der Waals surface area contributed by atoms with Gasteiger partial charge in [-0.1, -0.05) is 0 Å². The van der Waals surface area contributed by atoms with Crippen LogP contribution in [0.2, 0.25) is 0 Å². The molecule has 29 heavy (non-hydrogen) atoms. The van der Waals surface area contributed by atoms with E-state index >= 15 is 0 Å². The van der Waals surface area contributed by atoms with Gasteiger partial charge in [0.15, 0.2) is 0 Å². The minimum atomic E-state index is -1.05. The Morgan fingerprint density at radius 1 is 1.07 bits per heavy atom. The van der Waals surface area contributed by atoms with E-state index in [0.717, 1.165) is 17.0 Å². The van der Waals surface area contributed by atoms with E-state index in [-0.39, 0.29) is 28.1 Å². The van der Waals surface area contributed by atoms with Crippen molar-refractivity contribution in [1.82, 2.24) is 0 Å². The highest BCUT2D eigenvalue weighted by atomic mass is 19.1. The summed E-state index contributed by atoms with van der Waals surface area (Å²) in [6.45, 7) is 1.52. The molecule has 4 rings (SSSR count). The highest BCUT2D eigenvalue weighted by Gasteiger charge is 2.48. The fourth-order valence-electron chi connectivity index (χ4n) is 3.36. The van der Waals surface area contributed by atoms with Gasteiger partial charge in [-0.2, -0.15) is 0 Å². The number of halogens is 2. The highest BCUT2D eigenvalue weighted by Crippen LogP contribution is 2.42. The van der Waals surface area contributed by atoms with Gasteiger partial charge in [-0.3, -0.25) is 14.5 Å². The monoisotopic (exact) mass is 395 g/mol. The predicted molar refractivity (Wildman–Crippen MR) is 101 cm³/mol. The SMILES string of the molecule is Cc1cc(/C(O)=C2/C(=O)C(=O)N(c3ccc(F)cc3)C2c2ccco2)ccc1F. The smallest absolute Gasteiger partial charge is 0.300 e. The summed E-state index contributed by atoms with van der Waals surface area (Å²) in [4.78, 5) is 26.8. The number of aliphatic hydroxyl groups excluding tert-OH is 1. The Bertz CT molecular complexity index is 1130. The van der Waals surface area contributed by atoms with Crippen molar-refractivity contribution in [3.63, 3.8) is 0 Å². The van der Waals surface area contributed by atoms with Crippen molar-refractivity contribution in [2.75, 3.05) is 4.90 Å². The number of furan rings is 1. The Morgan fingerprint density at radius 2 is 1.79 bits per heavy atom. The molecule has 0 bridgehead atoms. The molecule has 1 aromatic heterocycles. The Balaban J connectivity index is 1.92. The number of hydrogen-bond donors (Lipinski definition) is 1. The second-order valence-corrected chi connectivity index (χ2v) is 6.62. The number of ketones is 1. The first-order valence-electron chi connectivity index (χ1n) is 8.75. The first kappa shape index (κ1) is 18.6. The average Bonchev–Trinajstić information content (AvgIpc) is 3.32. The Morgan fingerprint density at radius 3 is 2.41 bits per heavy atom. The number of Topliss-reactive ketones (excluding diaryl/α,β-unsaturated/α-hetero) is 1. The summed E-state index contributed by atoms with van der Waals surface area (Å²) in [7, 11) is 0. The number of hydrogen-bond acceptors (Lipinski definition) is 4. The van der Waals surface area contributed by atoms with E-state index in [9.17, 15) is 23.5 Å². The number of rotatable bonds is 3. The van der Waals surface area contributed by atoms with E-state index in [2.05, 4.69) is 0 Å². The van der Waals surface area contributed by atoms with Crippen LogP contribution in [0.25, 0.3) is 5.76 Å². The number of aryl methyl sites for hydroxylation is 1. The third kappa shape index (κ3) is 3.10. The van der Waals surface area contributed by atoms with Gasteiger partial charge in [0, 0.05) is 11.3 Å². The number of anilines is 1. The molecule has 1 atom stereocenters. The van der Waals surface area contributed by atoms with E-state index in [1.54, 1.807) is 12.1 Å². The standard InChI is InChI=1S/C22H15F2NO4/c1-12-11-13(4-9-16(12)24)20(26)18-19(17-3-2-10-29-17)25(22(28)21(18)27)15-7-5-14(23)6-8-15/h2-11,19,26H,1H3/b20-18-. The quantitative estimate of drug-likeness (QED) is 0.403. The van der Waals surface area contributed by atoms with E-state index in [0.29, 0.717) is 0 Å². The molecule has 2 aromatic carbocycles. The number of carbonyl (C=O) groups is 2. The largest absolute Gasteiger partial charge is 0.507 e. The van der Waals surface area contributed by atoms with Crippen LogP contribution in [0.5, 0.6) is 0 Å². The minimum Gasteiger partial charge on any atom is -0.507 e. The van der Waals surface area contributed by atoms with Crippen LogP contribution in [-0.2, 0) is 9.59 Å². The number of carbonyl (C=O) groups excluding carboxylic acids is 2. The molecule has 1 aliphatic rings. The summed E-state index contributed by atoms with van der Waals surface area (Å²) in [5.41, 5.74) is 0.540. The first-order chi connectivity index (χ1) is 13.9. The van der Waals surface area contributed by atoms with Crippen molar-refractivity contribution in [1.29, 1.82) is 0 Å². The lowest BCUT2D eigenvalue weighted by molar-refractivity contribution is -0.132. The maximum atomic E-state index is 13.6.